The van der Waals surface area contributed by atoms with Crippen molar-refractivity contribution in [1.29, 1.82) is 0 Å². The van der Waals surface area contributed by atoms with Crippen molar-refractivity contribution in [2.75, 3.05) is 39.0 Å². The van der Waals surface area contributed by atoms with Crippen molar-refractivity contribution in [1.82, 2.24) is 14.7 Å². The van der Waals surface area contributed by atoms with Gasteiger partial charge in [0.05, 0.1) is 5.56 Å². The second kappa shape index (κ2) is 11.4. The van der Waals surface area contributed by atoms with Crippen LogP contribution in [0.5, 0.6) is 0 Å². The minimum atomic E-state index is -4.55. The first-order chi connectivity index (χ1) is 18.6. The summed E-state index contributed by atoms with van der Waals surface area (Å²) in [7, 11) is 3.96. The van der Waals surface area contributed by atoms with Gasteiger partial charge in [-0.25, -0.2) is 4.79 Å². The van der Waals surface area contributed by atoms with Gasteiger partial charge in [0.1, 0.15) is 5.60 Å². The number of carbonyl (C=O) groups is 2. The van der Waals surface area contributed by atoms with Crippen LogP contribution in [0, 0.1) is 0 Å². The third-order valence-corrected chi connectivity index (χ3v) is 7.49. The molecule has 2 aromatic rings. The second-order valence-electron chi connectivity index (χ2n) is 12.1. The second-order valence-corrected chi connectivity index (χ2v) is 12.1. The largest absolute Gasteiger partial charge is 0.444 e. The van der Waals surface area contributed by atoms with E-state index in [0.29, 0.717) is 24.7 Å². The summed E-state index contributed by atoms with van der Waals surface area (Å²) in [5.41, 5.74) is 1.04. The number of rotatable bonds is 5. The third-order valence-electron chi connectivity index (χ3n) is 7.49. The van der Waals surface area contributed by atoms with Crippen molar-refractivity contribution in [3.05, 3.63) is 64.2 Å². The average Bonchev–Trinajstić information content (AvgIpc) is 3.32. The fourth-order valence-electron chi connectivity index (χ4n) is 5.41. The lowest BCUT2D eigenvalue weighted by molar-refractivity contribution is -0.138. The zero-order valence-electron chi connectivity index (χ0n) is 24.1. The van der Waals surface area contributed by atoms with E-state index in [1.807, 2.05) is 32.0 Å². The van der Waals surface area contributed by atoms with Gasteiger partial charge in [-0.3, -0.25) is 9.69 Å². The van der Waals surface area contributed by atoms with Crippen molar-refractivity contribution in [2.24, 2.45) is 0 Å². The number of amides is 2. The van der Waals surface area contributed by atoms with E-state index in [4.69, 9.17) is 4.74 Å². The van der Waals surface area contributed by atoms with Crippen molar-refractivity contribution < 1.29 is 27.5 Å². The maximum atomic E-state index is 14.0. The molecular formula is C30H39F3N4O3. The van der Waals surface area contributed by atoms with Gasteiger partial charge < -0.3 is 19.9 Å². The zero-order chi connectivity index (χ0) is 29.4. The molecule has 0 bridgehead atoms. The molecule has 0 aromatic heterocycles. The SMILES string of the molecule is C[C@H]1CN(C(=O)OC(C)(C)C)Cc2cc(C(=O)Nc3ccc(CN4CC[C@H](N(C)C)C4)c(C(F)(F)F)c3)ccc21. The fraction of sp³-hybridized carbons (Fsp3) is 0.533. The van der Waals surface area contributed by atoms with E-state index in [1.54, 1.807) is 37.8 Å². The van der Waals surface area contributed by atoms with E-state index in [1.165, 1.54) is 12.1 Å². The van der Waals surface area contributed by atoms with Gasteiger partial charge in [-0.15, -0.1) is 0 Å². The summed E-state index contributed by atoms with van der Waals surface area (Å²) in [6, 6.07) is 9.53. The normalized spacial score (nSPS) is 20.0. The van der Waals surface area contributed by atoms with Crippen LogP contribution in [0.15, 0.2) is 36.4 Å². The van der Waals surface area contributed by atoms with Crippen LogP contribution in [-0.4, -0.2) is 72.1 Å². The molecule has 2 aromatic carbocycles. The smallest absolute Gasteiger partial charge is 0.416 e. The lowest BCUT2D eigenvalue weighted by atomic mass is 9.90. The molecule has 0 aliphatic carbocycles. The van der Waals surface area contributed by atoms with E-state index in [9.17, 15) is 22.8 Å². The van der Waals surface area contributed by atoms with E-state index in [2.05, 4.69) is 10.2 Å². The molecule has 0 radical (unpaired) electrons. The summed E-state index contributed by atoms with van der Waals surface area (Å²) in [4.78, 5) is 31.5. The first-order valence-corrected chi connectivity index (χ1v) is 13.6. The number of carbonyl (C=O) groups excluding carboxylic acids is 2. The van der Waals surface area contributed by atoms with Crippen molar-refractivity contribution in [3.63, 3.8) is 0 Å². The molecule has 10 heteroatoms. The highest BCUT2D eigenvalue weighted by Gasteiger charge is 2.35. The van der Waals surface area contributed by atoms with Gasteiger partial charge in [0, 0.05) is 50.0 Å². The van der Waals surface area contributed by atoms with Crippen LogP contribution in [0.2, 0.25) is 0 Å². The van der Waals surface area contributed by atoms with Crippen molar-refractivity contribution >= 4 is 17.7 Å². The average molecular weight is 561 g/mol. The number of ether oxygens (including phenoxy) is 1. The number of likely N-dealkylation sites (tertiary alicyclic amines) is 1. The van der Waals surface area contributed by atoms with E-state index < -0.39 is 29.3 Å². The summed E-state index contributed by atoms with van der Waals surface area (Å²) in [6.07, 6.45) is -4.06. The van der Waals surface area contributed by atoms with Crippen LogP contribution in [0.25, 0.3) is 0 Å². The summed E-state index contributed by atoms with van der Waals surface area (Å²) in [6.45, 7) is 9.84. The Bertz CT molecular complexity index is 1260. The Balaban J connectivity index is 1.50. The standard InChI is InChI=1S/C30H39F3N4O3/c1-19-15-37(28(39)40-29(2,3)4)17-22-13-20(8-10-25(19)22)27(38)34-23-9-7-21(26(14-23)30(31,32)33)16-36-12-11-24(18-36)35(5)6/h7-10,13-14,19,24H,11-12,15-18H2,1-6H3,(H,34,38)/t19-,24-/m0/s1. The molecule has 1 saturated heterocycles. The van der Waals surface area contributed by atoms with Gasteiger partial charge in [-0.05, 0) is 88.2 Å². The minimum absolute atomic E-state index is 0.0406. The number of hydrogen-bond acceptors (Lipinski definition) is 5. The Hall–Kier alpha value is -3.11. The predicted octanol–water partition coefficient (Wildman–Crippen LogP) is 5.95. The lowest BCUT2D eigenvalue weighted by Crippen LogP contribution is -2.41. The van der Waals surface area contributed by atoms with Crippen molar-refractivity contribution in [2.45, 2.75) is 70.9 Å². The van der Waals surface area contributed by atoms with Gasteiger partial charge in [0.25, 0.3) is 5.91 Å². The zero-order valence-corrected chi connectivity index (χ0v) is 24.1. The van der Waals surface area contributed by atoms with Gasteiger partial charge >= 0.3 is 12.3 Å². The van der Waals surface area contributed by atoms with Gasteiger partial charge in [-0.2, -0.15) is 13.2 Å². The summed E-state index contributed by atoms with van der Waals surface area (Å²) < 4.78 is 47.6. The van der Waals surface area contributed by atoms with E-state index in [0.717, 1.165) is 30.2 Å². The molecule has 218 valence electrons. The molecule has 2 atom stereocenters. The molecule has 2 aliphatic heterocycles. The van der Waals surface area contributed by atoms with Crippen LogP contribution in [0.3, 0.4) is 0 Å². The lowest BCUT2D eigenvalue weighted by Gasteiger charge is -2.34. The van der Waals surface area contributed by atoms with Crippen LogP contribution in [0.4, 0.5) is 23.7 Å². The molecule has 2 aliphatic rings. The highest BCUT2D eigenvalue weighted by atomic mass is 19.4. The molecular weight excluding hydrogens is 521 g/mol. The Kier molecular flexibility index (Phi) is 8.52. The maximum Gasteiger partial charge on any atom is 0.416 e. The minimum Gasteiger partial charge on any atom is -0.444 e. The predicted molar refractivity (Wildman–Crippen MR) is 148 cm³/mol. The van der Waals surface area contributed by atoms with Crippen LogP contribution >= 0.6 is 0 Å². The summed E-state index contributed by atoms with van der Waals surface area (Å²) in [5.74, 6) is -0.474. The molecule has 2 heterocycles. The van der Waals surface area contributed by atoms with Crippen LogP contribution in [-0.2, 0) is 24.0 Å². The number of halogens is 3. The first kappa shape index (κ1) is 29.9. The fourth-order valence-corrected chi connectivity index (χ4v) is 5.41. The van der Waals surface area contributed by atoms with E-state index >= 15 is 0 Å². The molecule has 0 unspecified atom stereocenters. The summed E-state index contributed by atoms with van der Waals surface area (Å²) >= 11 is 0. The molecule has 4 rings (SSSR count). The van der Waals surface area contributed by atoms with Gasteiger partial charge in [-0.1, -0.05) is 19.1 Å². The highest BCUT2D eigenvalue weighted by molar-refractivity contribution is 6.04. The van der Waals surface area contributed by atoms with Crippen molar-refractivity contribution in [3.8, 4) is 0 Å². The third kappa shape index (κ3) is 7.14. The molecule has 0 saturated carbocycles. The first-order valence-electron chi connectivity index (χ1n) is 13.6. The number of benzene rings is 2. The number of nitrogens with zero attached hydrogens (tertiary/aromatic N) is 3. The summed E-state index contributed by atoms with van der Waals surface area (Å²) in [5, 5.41) is 2.63. The van der Waals surface area contributed by atoms with Gasteiger partial charge in [0.2, 0.25) is 0 Å². The molecule has 1 fully saturated rings. The molecule has 7 nitrogen and oxygen atoms in total. The maximum absolute atomic E-state index is 14.0. The molecule has 0 spiro atoms. The highest BCUT2D eigenvalue weighted by Crippen LogP contribution is 2.35. The number of likely N-dealkylation sites (N-methyl/N-ethyl adjacent to an activating group) is 1. The number of alkyl halides is 3. The Morgan fingerprint density at radius 1 is 1.07 bits per heavy atom. The molecule has 2 amide bonds. The Labute approximate surface area is 234 Å². The Morgan fingerprint density at radius 2 is 1.80 bits per heavy atom. The van der Waals surface area contributed by atoms with E-state index in [-0.39, 0.29) is 30.3 Å². The number of nitrogens with one attached hydrogen (secondary N) is 1. The number of fused-ring (bicyclic) bond motifs is 1. The Morgan fingerprint density at radius 3 is 2.42 bits per heavy atom. The number of hydrogen-bond donors (Lipinski definition) is 1. The quantitative estimate of drug-likeness (QED) is 0.490. The monoisotopic (exact) mass is 560 g/mol. The van der Waals surface area contributed by atoms with Gasteiger partial charge in [0.15, 0.2) is 0 Å². The van der Waals surface area contributed by atoms with Crippen LogP contribution in [0.1, 0.15) is 72.6 Å². The van der Waals surface area contributed by atoms with Crippen LogP contribution < -0.4 is 5.32 Å². The molecule has 40 heavy (non-hydrogen) atoms. The topological polar surface area (TPSA) is 65.1 Å². The molecule has 1 N–H and O–H groups in total. The number of anilines is 1.